The fourth-order valence-corrected chi connectivity index (χ4v) is 4.27. The zero-order valence-corrected chi connectivity index (χ0v) is 15.9. The molecule has 5 rings (SSSR count). The molecule has 2 saturated heterocycles. The van der Waals surface area contributed by atoms with Crippen LogP contribution in [0.4, 0.5) is 4.39 Å². The molecule has 2 bridgehead atoms. The summed E-state index contributed by atoms with van der Waals surface area (Å²) in [6, 6.07) is 4.96. The number of hydrogen-bond acceptors (Lipinski definition) is 7. The molecule has 9 heteroatoms. The van der Waals surface area contributed by atoms with E-state index in [2.05, 4.69) is 32.4 Å². The summed E-state index contributed by atoms with van der Waals surface area (Å²) >= 11 is 0. The molecule has 0 radical (unpaired) electrons. The monoisotopic (exact) mass is 396 g/mol. The molecule has 0 amide bonds. The van der Waals surface area contributed by atoms with Gasteiger partial charge in [-0.2, -0.15) is 0 Å². The number of benzene rings is 1. The normalized spacial score (nSPS) is 28.4. The number of aromatic hydroxyl groups is 1. The van der Waals surface area contributed by atoms with E-state index in [1.165, 1.54) is 6.20 Å². The molecule has 0 spiro atoms. The van der Waals surface area contributed by atoms with Gasteiger partial charge >= 0.3 is 0 Å². The molecular formula is C20H21FN6O2. The molecule has 1 aromatic carbocycles. The van der Waals surface area contributed by atoms with Gasteiger partial charge in [0.1, 0.15) is 11.9 Å². The molecule has 8 nitrogen and oxygen atoms in total. The van der Waals surface area contributed by atoms with Crippen LogP contribution in [0.25, 0.3) is 17.1 Å². The van der Waals surface area contributed by atoms with E-state index in [1.807, 2.05) is 6.07 Å². The summed E-state index contributed by atoms with van der Waals surface area (Å²) < 4.78 is 22.2. The Morgan fingerprint density at radius 1 is 1.34 bits per heavy atom. The maximum Gasteiger partial charge on any atom is 0.252 e. The highest BCUT2D eigenvalue weighted by Gasteiger charge is 2.49. The maximum atomic E-state index is 14.7. The molecule has 2 aromatic heterocycles. The lowest BCUT2D eigenvalue weighted by Gasteiger charge is -2.38. The van der Waals surface area contributed by atoms with E-state index in [-0.39, 0.29) is 29.0 Å². The first kappa shape index (κ1) is 18.0. The lowest BCUT2D eigenvalue weighted by atomic mass is 9.90. The summed E-state index contributed by atoms with van der Waals surface area (Å²) in [5, 5.41) is 21.8. The molecule has 0 saturated carbocycles. The molecular weight excluding hydrogens is 375 g/mol. The van der Waals surface area contributed by atoms with Crippen molar-refractivity contribution < 1.29 is 14.2 Å². The van der Waals surface area contributed by atoms with Crippen molar-refractivity contribution in [3.63, 3.8) is 0 Å². The van der Waals surface area contributed by atoms with Crippen molar-refractivity contribution in [1.29, 1.82) is 0 Å². The highest BCUT2D eigenvalue weighted by molar-refractivity contribution is 5.65. The number of piperidine rings is 1. The lowest BCUT2D eigenvalue weighted by molar-refractivity contribution is 0.0231. The number of ether oxygens (including phenoxy) is 1. The Morgan fingerprint density at radius 3 is 2.97 bits per heavy atom. The van der Waals surface area contributed by atoms with Crippen LogP contribution in [0.3, 0.4) is 0 Å². The Labute approximate surface area is 166 Å². The van der Waals surface area contributed by atoms with Crippen LogP contribution in [0.5, 0.6) is 11.6 Å². The van der Waals surface area contributed by atoms with Gasteiger partial charge in [-0.15, -0.1) is 10.2 Å². The number of imidazole rings is 1. The third kappa shape index (κ3) is 3.31. The number of alkyl halides is 1. The van der Waals surface area contributed by atoms with Gasteiger partial charge in [0.2, 0.25) is 0 Å². The number of nitrogens with zero attached hydrogens (tertiary/aromatic N) is 5. The van der Waals surface area contributed by atoms with E-state index in [0.717, 1.165) is 18.5 Å². The van der Waals surface area contributed by atoms with Gasteiger partial charge in [0.05, 0.1) is 23.8 Å². The Hall–Kier alpha value is -3.07. The minimum Gasteiger partial charge on any atom is -0.507 e. The van der Waals surface area contributed by atoms with Crippen LogP contribution >= 0.6 is 0 Å². The fraction of sp³-hybridized carbons (Fsp3) is 0.400. The van der Waals surface area contributed by atoms with Gasteiger partial charge in [0.25, 0.3) is 5.88 Å². The number of phenols is 1. The van der Waals surface area contributed by atoms with E-state index in [1.54, 1.807) is 35.4 Å². The van der Waals surface area contributed by atoms with E-state index in [0.29, 0.717) is 12.0 Å². The Kier molecular flexibility index (Phi) is 4.20. The average molecular weight is 396 g/mol. The number of fused-ring (bicyclic) bond motifs is 2. The van der Waals surface area contributed by atoms with Crippen molar-refractivity contribution in [2.24, 2.45) is 0 Å². The third-order valence-corrected chi connectivity index (χ3v) is 5.77. The Balaban J connectivity index is 1.33. The van der Waals surface area contributed by atoms with Crippen LogP contribution in [0.2, 0.25) is 0 Å². The zero-order valence-electron chi connectivity index (χ0n) is 15.9. The van der Waals surface area contributed by atoms with Crippen LogP contribution in [-0.4, -0.2) is 53.7 Å². The third-order valence-electron chi connectivity index (χ3n) is 5.77. The molecule has 4 atom stereocenters. The predicted molar refractivity (Wildman–Crippen MR) is 103 cm³/mol. The Bertz CT molecular complexity index is 1010. The summed E-state index contributed by atoms with van der Waals surface area (Å²) in [6.45, 7) is 2.10. The summed E-state index contributed by atoms with van der Waals surface area (Å²) in [5.74, 6) is 0.473. The summed E-state index contributed by atoms with van der Waals surface area (Å²) in [7, 11) is 0. The van der Waals surface area contributed by atoms with E-state index < -0.39 is 12.3 Å². The summed E-state index contributed by atoms with van der Waals surface area (Å²) in [4.78, 5) is 8.24. The van der Waals surface area contributed by atoms with Gasteiger partial charge in [0.15, 0.2) is 12.0 Å². The first-order valence-electron chi connectivity index (χ1n) is 9.61. The minimum atomic E-state index is -1.09. The second-order valence-corrected chi connectivity index (χ2v) is 7.95. The van der Waals surface area contributed by atoms with Gasteiger partial charge in [-0.25, -0.2) is 14.4 Å². The van der Waals surface area contributed by atoms with Crippen LogP contribution in [-0.2, 0) is 0 Å². The number of aromatic nitrogens is 5. The Morgan fingerprint density at radius 2 is 2.24 bits per heavy atom. The van der Waals surface area contributed by atoms with Gasteiger partial charge in [-0.05, 0) is 31.9 Å². The second kappa shape index (κ2) is 6.77. The van der Waals surface area contributed by atoms with E-state index >= 15 is 0 Å². The maximum absolute atomic E-state index is 14.7. The van der Waals surface area contributed by atoms with E-state index in [4.69, 9.17) is 4.74 Å². The minimum absolute atomic E-state index is 0.0262. The van der Waals surface area contributed by atoms with Crippen molar-refractivity contribution >= 4 is 0 Å². The highest BCUT2D eigenvalue weighted by atomic mass is 19.1. The van der Waals surface area contributed by atoms with Crippen molar-refractivity contribution in [1.82, 2.24) is 30.0 Å². The molecule has 3 aromatic rings. The topological polar surface area (TPSA) is 98.0 Å². The number of phenolic OH excluding ortho intramolecular Hbond substituents is 1. The van der Waals surface area contributed by atoms with Gasteiger partial charge < -0.3 is 19.7 Å². The van der Waals surface area contributed by atoms with Crippen LogP contribution in [0.15, 0.2) is 43.1 Å². The highest BCUT2D eigenvalue weighted by Crippen LogP contribution is 2.38. The average Bonchev–Trinajstić information content (AvgIpc) is 3.36. The van der Waals surface area contributed by atoms with E-state index in [9.17, 15) is 9.50 Å². The molecule has 2 aliphatic rings. The van der Waals surface area contributed by atoms with Crippen molar-refractivity contribution in [3.05, 3.63) is 43.1 Å². The molecule has 0 unspecified atom stereocenters. The van der Waals surface area contributed by atoms with Crippen LogP contribution in [0.1, 0.15) is 26.2 Å². The SMILES string of the molecule is C[C@@]12CC[C@@H](N1)[C@H](F)[C@@H](Oc1cnc(-c3ccc(-n4ccnc4)cc3O)nn1)C2. The predicted octanol–water partition coefficient (Wildman–Crippen LogP) is 2.43. The van der Waals surface area contributed by atoms with Gasteiger partial charge in [-0.1, -0.05) is 0 Å². The van der Waals surface area contributed by atoms with Crippen molar-refractivity contribution in [3.8, 4) is 28.7 Å². The summed E-state index contributed by atoms with van der Waals surface area (Å²) in [6.07, 6.45) is 7.17. The van der Waals surface area contributed by atoms with Crippen molar-refractivity contribution in [2.45, 2.75) is 50.0 Å². The standard InChI is InChI=1S/C20H21FN6O2/c1-20-5-4-14(24-20)18(21)16(9-20)29-17-10-23-19(26-25-17)13-3-2-12(8-15(13)28)27-7-6-22-11-27/h2-3,6-8,10-11,14,16,18,24,28H,4-5,9H2,1H3/t14-,16+,18+,20+/m1/s1. The van der Waals surface area contributed by atoms with Gasteiger partial charge in [-0.3, -0.25) is 0 Å². The molecule has 2 fully saturated rings. The van der Waals surface area contributed by atoms with Crippen molar-refractivity contribution in [2.75, 3.05) is 0 Å². The number of nitrogens with one attached hydrogen (secondary N) is 1. The van der Waals surface area contributed by atoms with Crippen LogP contribution in [0, 0.1) is 0 Å². The largest absolute Gasteiger partial charge is 0.507 e. The lowest BCUT2D eigenvalue weighted by Crippen LogP contribution is -2.57. The number of halogens is 1. The second-order valence-electron chi connectivity index (χ2n) is 7.95. The number of hydrogen-bond donors (Lipinski definition) is 2. The van der Waals surface area contributed by atoms with Crippen LogP contribution < -0.4 is 10.1 Å². The molecule has 0 aliphatic carbocycles. The molecule has 2 N–H and O–H groups in total. The molecule has 150 valence electrons. The van der Waals surface area contributed by atoms with Gasteiger partial charge in [0, 0.05) is 36.5 Å². The molecule has 29 heavy (non-hydrogen) atoms. The summed E-state index contributed by atoms with van der Waals surface area (Å²) in [5.41, 5.74) is 1.12. The first-order chi connectivity index (χ1) is 14.0. The first-order valence-corrected chi connectivity index (χ1v) is 9.61. The fourth-order valence-electron chi connectivity index (χ4n) is 4.27. The molecule has 2 aliphatic heterocycles. The quantitative estimate of drug-likeness (QED) is 0.699. The number of rotatable bonds is 4. The smallest absolute Gasteiger partial charge is 0.252 e. The zero-order chi connectivity index (χ0) is 20.0. The molecule has 4 heterocycles.